The molecule has 1 atom stereocenters. The largest absolute Gasteiger partial charge is 0.272 e. The topological polar surface area (TPSA) is 46.5 Å². The molecular weight excluding hydrogens is 174 g/mol. The van der Waals surface area contributed by atoms with E-state index in [-0.39, 0.29) is 17.1 Å². The SMILES string of the molecule is CC(C)C(=O)N=S(C)(=O)C(C)C. The van der Waals surface area contributed by atoms with Crippen molar-refractivity contribution in [2.24, 2.45) is 10.3 Å². The molecule has 0 radical (unpaired) electrons. The van der Waals surface area contributed by atoms with E-state index in [0.29, 0.717) is 0 Å². The summed E-state index contributed by atoms with van der Waals surface area (Å²) in [6.07, 6.45) is 1.53. The maximum absolute atomic E-state index is 11.6. The van der Waals surface area contributed by atoms with E-state index in [1.165, 1.54) is 6.26 Å². The molecular formula is C8H17NO2S. The zero-order valence-electron chi connectivity index (χ0n) is 8.33. The second-order valence-corrected chi connectivity index (χ2v) is 6.34. The van der Waals surface area contributed by atoms with Crippen LogP contribution in [0.15, 0.2) is 4.36 Å². The highest BCUT2D eigenvalue weighted by molar-refractivity contribution is 7.93. The molecule has 1 amide bonds. The highest BCUT2D eigenvalue weighted by Crippen LogP contribution is 2.05. The maximum Gasteiger partial charge on any atom is 0.256 e. The van der Waals surface area contributed by atoms with Crippen LogP contribution in [0.25, 0.3) is 0 Å². The van der Waals surface area contributed by atoms with Gasteiger partial charge in [0, 0.05) is 17.4 Å². The number of nitrogens with zero attached hydrogens (tertiary/aromatic N) is 1. The van der Waals surface area contributed by atoms with E-state index in [9.17, 15) is 9.00 Å². The minimum atomic E-state index is -2.32. The molecule has 0 aliphatic rings. The van der Waals surface area contributed by atoms with E-state index < -0.39 is 9.73 Å². The fourth-order valence-corrected chi connectivity index (χ4v) is 1.17. The Hall–Kier alpha value is -0.380. The summed E-state index contributed by atoms with van der Waals surface area (Å²) in [6.45, 7) is 7.11. The lowest BCUT2D eigenvalue weighted by molar-refractivity contribution is -0.120. The fourth-order valence-electron chi connectivity index (χ4n) is 0.389. The third-order valence-electron chi connectivity index (χ3n) is 1.64. The van der Waals surface area contributed by atoms with Crippen molar-refractivity contribution in [3.63, 3.8) is 0 Å². The first-order chi connectivity index (χ1) is 5.27. The quantitative estimate of drug-likeness (QED) is 0.666. The summed E-state index contributed by atoms with van der Waals surface area (Å²) < 4.78 is 15.3. The molecule has 0 heterocycles. The molecule has 0 aromatic rings. The Labute approximate surface area is 74.7 Å². The van der Waals surface area contributed by atoms with Crippen molar-refractivity contribution in [3.05, 3.63) is 0 Å². The van der Waals surface area contributed by atoms with Crippen LogP contribution in [0.4, 0.5) is 0 Å². The van der Waals surface area contributed by atoms with Gasteiger partial charge in [-0.2, -0.15) is 4.36 Å². The molecule has 0 aliphatic heterocycles. The van der Waals surface area contributed by atoms with E-state index in [1.807, 2.05) is 0 Å². The molecule has 72 valence electrons. The smallest absolute Gasteiger partial charge is 0.256 e. The molecule has 1 unspecified atom stereocenters. The van der Waals surface area contributed by atoms with Crippen LogP contribution in [-0.4, -0.2) is 21.6 Å². The molecule has 4 heteroatoms. The van der Waals surface area contributed by atoms with E-state index in [0.717, 1.165) is 0 Å². The van der Waals surface area contributed by atoms with Gasteiger partial charge in [-0.3, -0.25) is 4.79 Å². The minimum Gasteiger partial charge on any atom is -0.272 e. The first-order valence-electron chi connectivity index (χ1n) is 4.02. The van der Waals surface area contributed by atoms with Crippen LogP contribution in [0.2, 0.25) is 0 Å². The lowest BCUT2D eigenvalue weighted by atomic mass is 10.2. The van der Waals surface area contributed by atoms with Crippen LogP contribution in [0.5, 0.6) is 0 Å². The summed E-state index contributed by atoms with van der Waals surface area (Å²) >= 11 is 0. The van der Waals surface area contributed by atoms with Gasteiger partial charge in [0.25, 0.3) is 5.91 Å². The van der Waals surface area contributed by atoms with Gasteiger partial charge < -0.3 is 0 Å². The van der Waals surface area contributed by atoms with Crippen molar-refractivity contribution in [2.45, 2.75) is 32.9 Å². The predicted molar refractivity (Wildman–Crippen MR) is 51.5 cm³/mol. The van der Waals surface area contributed by atoms with Crippen molar-refractivity contribution in [1.29, 1.82) is 0 Å². The van der Waals surface area contributed by atoms with Crippen molar-refractivity contribution in [1.82, 2.24) is 0 Å². The molecule has 0 aliphatic carbocycles. The molecule has 0 N–H and O–H groups in total. The average Bonchev–Trinajstić information content (AvgIpc) is 1.85. The van der Waals surface area contributed by atoms with Gasteiger partial charge >= 0.3 is 0 Å². The van der Waals surface area contributed by atoms with Gasteiger partial charge in [-0.25, -0.2) is 4.21 Å². The summed E-state index contributed by atoms with van der Waals surface area (Å²) in [5.74, 6) is -0.430. The van der Waals surface area contributed by atoms with Crippen molar-refractivity contribution in [3.8, 4) is 0 Å². The Balaban J connectivity index is 4.79. The molecule has 0 rings (SSSR count). The third kappa shape index (κ3) is 3.34. The van der Waals surface area contributed by atoms with Crippen LogP contribution in [0.3, 0.4) is 0 Å². The van der Waals surface area contributed by atoms with Gasteiger partial charge in [0.05, 0.1) is 9.73 Å². The zero-order valence-corrected chi connectivity index (χ0v) is 9.14. The van der Waals surface area contributed by atoms with Crippen molar-refractivity contribution < 1.29 is 9.00 Å². The highest BCUT2D eigenvalue weighted by atomic mass is 32.2. The summed E-state index contributed by atoms with van der Waals surface area (Å²) in [5.41, 5.74) is 0. The molecule has 0 fully saturated rings. The Morgan fingerprint density at radius 2 is 1.67 bits per heavy atom. The second kappa shape index (κ2) is 4.03. The lowest BCUT2D eigenvalue weighted by Gasteiger charge is -2.07. The average molecular weight is 191 g/mol. The maximum atomic E-state index is 11.6. The minimum absolute atomic E-state index is 0.0693. The highest BCUT2D eigenvalue weighted by Gasteiger charge is 2.12. The van der Waals surface area contributed by atoms with Gasteiger partial charge in [0.2, 0.25) is 0 Å². The molecule has 0 aromatic heterocycles. The summed E-state index contributed by atoms with van der Waals surface area (Å²) in [6, 6.07) is 0. The Bertz CT molecular complexity index is 273. The van der Waals surface area contributed by atoms with Crippen molar-refractivity contribution in [2.75, 3.05) is 6.26 Å². The molecule has 0 saturated heterocycles. The normalized spacial score (nSPS) is 16.2. The standard InChI is InChI=1S/C8H17NO2S/c1-6(2)8(10)9-12(5,11)7(3)4/h6-7H,1-5H3. The second-order valence-electron chi connectivity index (χ2n) is 3.49. The van der Waals surface area contributed by atoms with Crippen LogP contribution in [-0.2, 0) is 14.5 Å². The van der Waals surface area contributed by atoms with E-state index in [2.05, 4.69) is 4.36 Å². The first kappa shape index (κ1) is 11.6. The Morgan fingerprint density at radius 1 is 1.25 bits per heavy atom. The summed E-state index contributed by atoms with van der Waals surface area (Å²) in [5, 5.41) is -0.0693. The molecule has 12 heavy (non-hydrogen) atoms. The number of carbonyl (C=O) groups is 1. The van der Waals surface area contributed by atoms with Gasteiger partial charge in [0.15, 0.2) is 0 Å². The van der Waals surface area contributed by atoms with Crippen LogP contribution >= 0.6 is 0 Å². The predicted octanol–water partition coefficient (Wildman–Crippen LogP) is 1.68. The van der Waals surface area contributed by atoms with Gasteiger partial charge in [-0.1, -0.05) is 27.7 Å². The van der Waals surface area contributed by atoms with Crippen LogP contribution in [0, 0.1) is 5.92 Å². The lowest BCUT2D eigenvalue weighted by Crippen LogP contribution is -2.15. The van der Waals surface area contributed by atoms with Gasteiger partial charge in [0.1, 0.15) is 0 Å². The summed E-state index contributed by atoms with van der Waals surface area (Å²) in [4.78, 5) is 11.1. The van der Waals surface area contributed by atoms with Gasteiger partial charge in [-0.15, -0.1) is 0 Å². The molecule has 0 spiro atoms. The Kier molecular flexibility index (Phi) is 3.90. The van der Waals surface area contributed by atoms with Crippen LogP contribution in [0.1, 0.15) is 27.7 Å². The molecule has 3 nitrogen and oxygen atoms in total. The molecule has 0 bridgehead atoms. The number of hydrogen-bond acceptors (Lipinski definition) is 2. The number of hydrogen-bond donors (Lipinski definition) is 0. The number of amides is 1. The van der Waals surface area contributed by atoms with Crippen LogP contribution < -0.4 is 0 Å². The third-order valence-corrected chi connectivity index (χ3v) is 3.93. The first-order valence-corrected chi connectivity index (χ1v) is 6.01. The number of rotatable bonds is 2. The monoisotopic (exact) mass is 191 g/mol. The van der Waals surface area contributed by atoms with Gasteiger partial charge in [-0.05, 0) is 0 Å². The Morgan fingerprint density at radius 3 is 1.92 bits per heavy atom. The summed E-state index contributed by atoms with van der Waals surface area (Å²) in [7, 11) is -2.32. The van der Waals surface area contributed by atoms with E-state index in [4.69, 9.17) is 0 Å². The number of carbonyl (C=O) groups excluding carboxylic acids is 1. The van der Waals surface area contributed by atoms with E-state index in [1.54, 1.807) is 27.7 Å². The zero-order chi connectivity index (χ0) is 9.94. The van der Waals surface area contributed by atoms with Crippen molar-refractivity contribution >= 4 is 15.6 Å². The van der Waals surface area contributed by atoms with E-state index >= 15 is 0 Å². The fraction of sp³-hybridized carbons (Fsp3) is 0.875. The molecule has 0 aromatic carbocycles. The molecule has 0 saturated carbocycles.